The van der Waals surface area contributed by atoms with Gasteiger partial charge in [-0.25, -0.2) is 9.97 Å². The molecule has 1 aromatic heterocycles. The molecule has 0 aliphatic rings. The predicted octanol–water partition coefficient (Wildman–Crippen LogP) is 1.00. The number of aromatic nitrogens is 2. The van der Waals surface area contributed by atoms with E-state index in [4.69, 9.17) is 11.3 Å². The fraction of sp³-hybridized carbons (Fsp3) is 0. The van der Waals surface area contributed by atoms with Crippen molar-refractivity contribution < 1.29 is 0 Å². The first kappa shape index (κ1) is 6.31. The van der Waals surface area contributed by atoms with Crippen LogP contribution in [0.4, 0.5) is 11.6 Å². The zero-order valence-corrected chi connectivity index (χ0v) is 4.97. The Morgan fingerprint density at radius 1 is 1.50 bits per heavy atom. The highest BCUT2D eigenvalue weighted by Crippen LogP contribution is 2.03. The van der Waals surface area contributed by atoms with E-state index in [9.17, 15) is 0 Å². The minimum Gasteiger partial charge on any atom is -0.396 e. The maximum absolute atomic E-state index is 7.94. The second kappa shape index (κ2) is 2.65. The highest BCUT2D eigenvalue weighted by Gasteiger charge is 1.88. The summed E-state index contributed by atoms with van der Waals surface area (Å²) in [4.78, 5) is 9.72. The van der Waals surface area contributed by atoms with Crippen molar-refractivity contribution in [2.75, 3.05) is 5.73 Å². The lowest BCUT2D eigenvalue weighted by Gasteiger charge is -1.88. The van der Waals surface area contributed by atoms with E-state index in [-0.39, 0.29) is 5.95 Å². The monoisotopic (exact) mass is 136 g/mol. The van der Waals surface area contributed by atoms with Gasteiger partial charge in [0.05, 0.1) is 18.1 Å². The molecule has 0 bridgehead atoms. The third-order valence-corrected chi connectivity index (χ3v) is 0.792. The van der Waals surface area contributed by atoms with Crippen LogP contribution in [0.25, 0.3) is 10.4 Å². The second-order valence-corrected chi connectivity index (χ2v) is 1.51. The maximum Gasteiger partial charge on any atom is 0.216 e. The van der Waals surface area contributed by atoms with E-state index >= 15 is 0 Å². The van der Waals surface area contributed by atoms with Gasteiger partial charge in [0.25, 0.3) is 0 Å². The van der Waals surface area contributed by atoms with Crippen LogP contribution in [0.1, 0.15) is 0 Å². The maximum atomic E-state index is 7.94. The summed E-state index contributed by atoms with van der Waals surface area (Å²) < 4.78 is 0. The number of nitrogens with two attached hydrogens (primary N) is 1. The molecular weight excluding hydrogens is 132 g/mol. The van der Waals surface area contributed by atoms with Gasteiger partial charge in [-0.2, -0.15) is 0 Å². The van der Waals surface area contributed by atoms with Gasteiger partial charge in [0.1, 0.15) is 0 Å². The molecule has 1 heterocycles. The van der Waals surface area contributed by atoms with Crippen LogP contribution in [0.2, 0.25) is 0 Å². The highest BCUT2D eigenvalue weighted by atomic mass is 15.2. The molecule has 50 valence electrons. The van der Waals surface area contributed by atoms with E-state index in [0.717, 1.165) is 0 Å². The molecule has 0 aromatic carbocycles. The Morgan fingerprint density at radius 3 is 2.60 bits per heavy atom. The van der Waals surface area contributed by atoms with Gasteiger partial charge in [-0.05, 0) is 10.6 Å². The van der Waals surface area contributed by atoms with Gasteiger partial charge in [0.2, 0.25) is 5.95 Å². The van der Waals surface area contributed by atoms with E-state index in [1.165, 1.54) is 12.4 Å². The van der Waals surface area contributed by atoms with E-state index in [0.29, 0.717) is 5.69 Å². The van der Waals surface area contributed by atoms with Crippen LogP contribution >= 0.6 is 0 Å². The third kappa shape index (κ3) is 1.33. The molecule has 0 unspecified atom stereocenters. The molecule has 0 aliphatic carbocycles. The van der Waals surface area contributed by atoms with Gasteiger partial charge in [-0.15, -0.1) is 0 Å². The first-order valence-electron chi connectivity index (χ1n) is 2.45. The topological polar surface area (TPSA) is 101 Å². The van der Waals surface area contributed by atoms with E-state index in [2.05, 4.69) is 20.0 Å². The first-order valence-corrected chi connectivity index (χ1v) is 2.45. The number of anilines is 1. The van der Waals surface area contributed by atoms with Gasteiger partial charge >= 0.3 is 0 Å². The Morgan fingerprint density at radius 2 is 2.10 bits per heavy atom. The van der Waals surface area contributed by atoms with Gasteiger partial charge in [-0.3, -0.25) is 0 Å². The largest absolute Gasteiger partial charge is 0.396 e. The summed E-state index contributed by atoms with van der Waals surface area (Å²) in [6, 6.07) is 0. The lowest BCUT2D eigenvalue weighted by molar-refractivity contribution is 1.13. The normalized spacial score (nSPS) is 8.40. The summed E-state index contributed by atoms with van der Waals surface area (Å²) in [6.07, 6.45) is 2.74. The zero-order valence-electron chi connectivity index (χ0n) is 4.97. The summed E-state index contributed by atoms with van der Waals surface area (Å²) in [5.41, 5.74) is 13.6. The molecule has 0 radical (unpaired) electrons. The minimum absolute atomic E-state index is 0.0803. The summed E-state index contributed by atoms with van der Waals surface area (Å²) in [6.45, 7) is 0. The second-order valence-electron chi connectivity index (χ2n) is 1.51. The third-order valence-electron chi connectivity index (χ3n) is 0.792. The summed E-state index contributed by atoms with van der Waals surface area (Å²) in [5.74, 6) is 0.0803. The average Bonchev–Trinajstić information content (AvgIpc) is 1.95. The Hall–Kier alpha value is -1.81. The molecule has 10 heavy (non-hydrogen) atoms. The highest BCUT2D eigenvalue weighted by molar-refractivity contribution is 5.33. The SMILES string of the molecule is [N-]=[N+]=Nc1ncc(N)cn1. The van der Waals surface area contributed by atoms with Gasteiger partial charge in [0, 0.05) is 4.91 Å². The van der Waals surface area contributed by atoms with Crippen LogP contribution < -0.4 is 5.73 Å². The number of nitrogens with zero attached hydrogens (tertiary/aromatic N) is 5. The minimum atomic E-state index is 0.0803. The van der Waals surface area contributed by atoms with Crippen molar-refractivity contribution in [2.45, 2.75) is 0 Å². The molecule has 0 aliphatic heterocycles. The standard InChI is InChI=1S/C4H4N6/c5-3-1-7-4(8-2-3)9-10-6/h1-2H,5H2. The predicted molar refractivity (Wildman–Crippen MR) is 35.3 cm³/mol. The summed E-state index contributed by atoms with van der Waals surface area (Å²) in [7, 11) is 0. The molecule has 1 aromatic rings. The van der Waals surface area contributed by atoms with Crippen molar-refractivity contribution >= 4 is 11.6 Å². The lowest BCUT2D eigenvalue weighted by atomic mass is 10.6. The number of hydrogen-bond acceptors (Lipinski definition) is 4. The van der Waals surface area contributed by atoms with Crippen LogP contribution in [0.5, 0.6) is 0 Å². The Bertz CT molecular complexity index is 258. The van der Waals surface area contributed by atoms with Crippen LogP contribution in [0.3, 0.4) is 0 Å². The van der Waals surface area contributed by atoms with Crippen LogP contribution in [-0.4, -0.2) is 9.97 Å². The zero-order chi connectivity index (χ0) is 7.40. The van der Waals surface area contributed by atoms with Gasteiger partial charge in [0.15, 0.2) is 0 Å². The molecule has 0 spiro atoms. The summed E-state index contributed by atoms with van der Waals surface area (Å²) in [5, 5.41) is 3.15. The quantitative estimate of drug-likeness (QED) is 0.354. The fourth-order valence-electron chi connectivity index (χ4n) is 0.423. The van der Waals surface area contributed by atoms with Crippen molar-refractivity contribution in [1.82, 2.24) is 9.97 Å². The van der Waals surface area contributed by atoms with E-state index < -0.39 is 0 Å². The van der Waals surface area contributed by atoms with Crippen molar-refractivity contribution in [1.29, 1.82) is 0 Å². The molecule has 6 nitrogen and oxygen atoms in total. The average molecular weight is 136 g/mol. The first-order chi connectivity index (χ1) is 4.83. The summed E-state index contributed by atoms with van der Waals surface area (Å²) >= 11 is 0. The van der Waals surface area contributed by atoms with Crippen molar-refractivity contribution in [3.05, 3.63) is 22.8 Å². The molecule has 0 saturated heterocycles. The molecule has 2 N–H and O–H groups in total. The van der Waals surface area contributed by atoms with Crippen LogP contribution in [0.15, 0.2) is 17.5 Å². The molecule has 0 saturated carbocycles. The van der Waals surface area contributed by atoms with Gasteiger partial charge < -0.3 is 5.73 Å². The van der Waals surface area contributed by atoms with Crippen molar-refractivity contribution in [3.63, 3.8) is 0 Å². The molecule has 1 rings (SSSR count). The molecule has 6 heteroatoms. The van der Waals surface area contributed by atoms with Gasteiger partial charge in [-0.1, -0.05) is 0 Å². The fourth-order valence-corrected chi connectivity index (χ4v) is 0.423. The number of azide groups is 1. The van der Waals surface area contributed by atoms with E-state index in [1.807, 2.05) is 0 Å². The van der Waals surface area contributed by atoms with Crippen LogP contribution in [0, 0.1) is 0 Å². The van der Waals surface area contributed by atoms with Crippen LogP contribution in [-0.2, 0) is 0 Å². The molecule has 0 atom stereocenters. The number of rotatable bonds is 1. The lowest BCUT2D eigenvalue weighted by Crippen LogP contribution is -1.86. The Balaban J connectivity index is 3.00. The smallest absolute Gasteiger partial charge is 0.216 e. The number of hydrogen-bond donors (Lipinski definition) is 1. The Labute approximate surface area is 56.3 Å². The molecule has 0 fully saturated rings. The molecular formula is C4H4N6. The van der Waals surface area contributed by atoms with E-state index in [1.54, 1.807) is 0 Å². The number of nitrogen functional groups attached to an aromatic ring is 1. The Kier molecular flexibility index (Phi) is 1.67. The van der Waals surface area contributed by atoms with Crippen molar-refractivity contribution in [2.24, 2.45) is 5.11 Å². The molecule has 0 amide bonds. The van der Waals surface area contributed by atoms with Crippen molar-refractivity contribution in [3.8, 4) is 0 Å².